The van der Waals surface area contributed by atoms with Crippen LogP contribution in [0.15, 0.2) is 42.5 Å². The molecule has 0 unspecified atom stereocenters. The zero-order chi connectivity index (χ0) is 14.6. The maximum atomic E-state index is 12.6. The lowest BCUT2D eigenvalue weighted by Gasteiger charge is -2.27. The summed E-state index contributed by atoms with van der Waals surface area (Å²) < 4.78 is 0. The fourth-order valence-corrected chi connectivity index (χ4v) is 4.42. The van der Waals surface area contributed by atoms with Crippen LogP contribution in [0.3, 0.4) is 0 Å². The molecule has 4 rings (SSSR count). The second kappa shape index (κ2) is 4.20. The van der Waals surface area contributed by atoms with Crippen molar-refractivity contribution in [3.63, 3.8) is 0 Å². The van der Waals surface area contributed by atoms with E-state index in [1.807, 2.05) is 42.5 Å². The molecule has 4 nitrogen and oxygen atoms in total. The van der Waals surface area contributed by atoms with Gasteiger partial charge < -0.3 is 15.2 Å². The van der Waals surface area contributed by atoms with Gasteiger partial charge in [0.05, 0.1) is 5.92 Å². The molecule has 0 heterocycles. The Hall–Kier alpha value is -2.10. The Balaban J connectivity index is 1.63. The molecule has 3 aliphatic carbocycles. The number of aliphatic carboxylic acids is 1. The number of amides is 1. The van der Waals surface area contributed by atoms with Gasteiger partial charge in [0.2, 0.25) is 5.91 Å². The van der Waals surface area contributed by atoms with Crippen molar-refractivity contribution in [2.45, 2.75) is 12.8 Å². The van der Waals surface area contributed by atoms with Gasteiger partial charge in [-0.1, -0.05) is 30.4 Å². The van der Waals surface area contributed by atoms with Crippen LogP contribution in [-0.4, -0.2) is 11.9 Å². The predicted molar refractivity (Wildman–Crippen MR) is 74.8 cm³/mol. The largest absolute Gasteiger partial charge is 0.550 e. The van der Waals surface area contributed by atoms with Crippen molar-refractivity contribution in [2.75, 3.05) is 5.32 Å². The molecular weight excluding hydrogens is 266 g/mol. The van der Waals surface area contributed by atoms with E-state index in [2.05, 4.69) is 5.32 Å². The minimum atomic E-state index is -1.09. The van der Waals surface area contributed by atoms with E-state index in [0.29, 0.717) is 5.69 Å². The second-order valence-corrected chi connectivity index (χ2v) is 6.40. The number of carbonyl (C=O) groups excluding carboxylic acids is 2. The molecule has 1 N–H and O–H groups in total. The maximum absolute atomic E-state index is 12.6. The van der Waals surface area contributed by atoms with Gasteiger partial charge in [-0.25, -0.2) is 0 Å². The SMILES string of the molecule is O=C(Nc1ccccc1)[C@@H]1[C@@H](C(=O)[O-])[C@@H]2C=C[C@H]1C21CC1. The Bertz CT molecular complexity index is 633. The molecule has 4 atom stereocenters. The number of rotatable bonds is 3. The number of hydrogen-bond acceptors (Lipinski definition) is 3. The molecule has 1 aromatic carbocycles. The highest BCUT2D eigenvalue weighted by Crippen LogP contribution is 2.71. The summed E-state index contributed by atoms with van der Waals surface area (Å²) in [6.07, 6.45) is 6.08. The Labute approximate surface area is 122 Å². The van der Waals surface area contributed by atoms with Crippen molar-refractivity contribution in [1.82, 2.24) is 0 Å². The first kappa shape index (κ1) is 12.6. The van der Waals surface area contributed by atoms with Crippen LogP contribution in [0.4, 0.5) is 5.69 Å². The smallest absolute Gasteiger partial charge is 0.228 e. The fraction of sp³-hybridized carbons (Fsp3) is 0.412. The van der Waals surface area contributed by atoms with E-state index in [-0.39, 0.29) is 23.2 Å². The van der Waals surface area contributed by atoms with Crippen molar-refractivity contribution in [3.05, 3.63) is 42.5 Å². The van der Waals surface area contributed by atoms with Gasteiger partial charge in [-0.15, -0.1) is 0 Å². The van der Waals surface area contributed by atoms with Crippen LogP contribution in [0.1, 0.15) is 12.8 Å². The van der Waals surface area contributed by atoms with Gasteiger partial charge in [0.1, 0.15) is 0 Å². The number of nitrogens with one attached hydrogen (secondary N) is 1. The normalized spacial score (nSPS) is 34.1. The maximum Gasteiger partial charge on any atom is 0.228 e. The molecule has 0 saturated heterocycles. The number of carboxylic acid groups (broad SMARTS) is 1. The van der Waals surface area contributed by atoms with Gasteiger partial charge in [-0.3, -0.25) is 4.79 Å². The molecule has 2 saturated carbocycles. The fourth-order valence-electron chi connectivity index (χ4n) is 4.42. The number of hydrogen-bond donors (Lipinski definition) is 1. The third-order valence-electron chi connectivity index (χ3n) is 5.46. The summed E-state index contributed by atoms with van der Waals surface area (Å²) >= 11 is 0. The van der Waals surface area contributed by atoms with Crippen LogP contribution in [0, 0.1) is 29.1 Å². The van der Waals surface area contributed by atoms with Gasteiger partial charge in [-0.05, 0) is 42.2 Å². The Morgan fingerprint density at radius 2 is 1.67 bits per heavy atom. The molecule has 2 bridgehead atoms. The molecule has 3 aliphatic rings. The van der Waals surface area contributed by atoms with E-state index in [1.165, 1.54) is 0 Å². The summed E-state index contributed by atoms with van der Waals surface area (Å²) in [5, 5.41) is 14.4. The van der Waals surface area contributed by atoms with Crippen molar-refractivity contribution in [1.29, 1.82) is 0 Å². The molecule has 4 heteroatoms. The predicted octanol–water partition coefficient (Wildman–Crippen LogP) is 1.20. The summed E-state index contributed by atoms with van der Waals surface area (Å²) in [7, 11) is 0. The van der Waals surface area contributed by atoms with Gasteiger partial charge in [0.25, 0.3) is 0 Å². The van der Waals surface area contributed by atoms with Crippen molar-refractivity contribution in [2.24, 2.45) is 29.1 Å². The summed E-state index contributed by atoms with van der Waals surface area (Å²) in [6.45, 7) is 0. The first-order valence-electron chi connectivity index (χ1n) is 7.38. The number of carbonyl (C=O) groups is 2. The summed E-state index contributed by atoms with van der Waals surface area (Å²) in [5.74, 6) is -2.46. The summed E-state index contributed by atoms with van der Waals surface area (Å²) in [6, 6.07) is 9.17. The first-order valence-corrected chi connectivity index (χ1v) is 7.38. The summed E-state index contributed by atoms with van der Waals surface area (Å²) in [5.41, 5.74) is 0.736. The zero-order valence-corrected chi connectivity index (χ0v) is 11.5. The number of allylic oxidation sites excluding steroid dienone is 2. The number of carboxylic acids is 1. The topological polar surface area (TPSA) is 69.2 Å². The Morgan fingerprint density at radius 3 is 2.24 bits per heavy atom. The van der Waals surface area contributed by atoms with Crippen LogP contribution in [0.25, 0.3) is 0 Å². The first-order chi connectivity index (χ1) is 10.1. The molecule has 1 aromatic rings. The molecular formula is C17H16NO3-. The molecule has 0 aromatic heterocycles. The van der Waals surface area contributed by atoms with E-state index >= 15 is 0 Å². The highest BCUT2D eigenvalue weighted by Gasteiger charge is 2.68. The van der Waals surface area contributed by atoms with Crippen LogP contribution < -0.4 is 10.4 Å². The van der Waals surface area contributed by atoms with E-state index in [4.69, 9.17) is 0 Å². The molecule has 1 amide bonds. The highest BCUT2D eigenvalue weighted by molar-refractivity contribution is 5.96. The van der Waals surface area contributed by atoms with Crippen LogP contribution >= 0.6 is 0 Å². The number of para-hydroxylation sites is 1. The Morgan fingerprint density at radius 1 is 1.05 bits per heavy atom. The van der Waals surface area contributed by atoms with Crippen molar-refractivity contribution >= 4 is 17.6 Å². The highest BCUT2D eigenvalue weighted by atomic mass is 16.4. The molecule has 0 radical (unpaired) electrons. The van der Waals surface area contributed by atoms with E-state index < -0.39 is 17.8 Å². The average Bonchev–Trinajstić information content (AvgIpc) is 3.13. The Kier molecular flexibility index (Phi) is 2.52. The standard InChI is InChI=1S/C17H17NO3/c19-15(18-10-4-2-1-3-5-10)13-11-6-7-12(14(13)16(20)21)17(11)8-9-17/h1-7,11-14H,8-9H2,(H,18,19)(H,20,21)/p-1/t11-,12+,13+,14+/m1/s1. The lowest BCUT2D eigenvalue weighted by atomic mass is 9.82. The van der Waals surface area contributed by atoms with Crippen molar-refractivity contribution < 1.29 is 14.7 Å². The minimum absolute atomic E-state index is 0.0287. The quantitative estimate of drug-likeness (QED) is 0.847. The van der Waals surface area contributed by atoms with E-state index in [9.17, 15) is 14.7 Å². The van der Waals surface area contributed by atoms with Crippen LogP contribution in [0.5, 0.6) is 0 Å². The minimum Gasteiger partial charge on any atom is -0.550 e. The van der Waals surface area contributed by atoms with Gasteiger partial charge in [0, 0.05) is 17.6 Å². The monoisotopic (exact) mass is 282 g/mol. The number of benzene rings is 1. The third kappa shape index (κ3) is 1.68. The van der Waals surface area contributed by atoms with Gasteiger partial charge in [0.15, 0.2) is 0 Å². The molecule has 108 valence electrons. The second-order valence-electron chi connectivity index (χ2n) is 6.40. The van der Waals surface area contributed by atoms with Gasteiger partial charge >= 0.3 is 0 Å². The molecule has 21 heavy (non-hydrogen) atoms. The third-order valence-corrected chi connectivity index (χ3v) is 5.46. The molecule has 1 spiro atoms. The van der Waals surface area contributed by atoms with E-state index in [1.54, 1.807) is 0 Å². The lowest BCUT2D eigenvalue weighted by molar-refractivity contribution is -0.313. The van der Waals surface area contributed by atoms with E-state index in [0.717, 1.165) is 12.8 Å². The molecule has 2 fully saturated rings. The van der Waals surface area contributed by atoms with Crippen LogP contribution in [-0.2, 0) is 9.59 Å². The molecule has 0 aliphatic heterocycles. The zero-order valence-electron chi connectivity index (χ0n) is 11.5. The van der Waals surface area contributed by atoms with Crippen LogP contribution in [0.2, 0.25) is 0 Å². The number of anilines is 1. The van der Waals surface area contributed by atoms with Gasteiger partial charge in [-0.2, -0.15) is 0 Å². The van der Waals surface area contributed by atoms with Crippen molar-refractivity contribution in [3.8, 4) is 0 Å². The average molecular weight is 282 g/mol. The lowest BCUT2D eigenvalue weighted by Crippen LogP contribution is -2.42. The summed E-state index contributed by atoms with van der Waals surface area (Å²) in [4.78, 5) is 24.1.